The van der Waals surface area contributed by atoms with Crippen LogP contribution in [0.15, 0.2) is 36.4 Å². The van der Waals surface area contributed by atoms with Crippen molar-refractivity contribution in [1.29, 1.82) is 0 Å². The van der Waals surface area contributed by atoms with Gasteiger partial charge in [-0.25, -0.2) is 8.42 Å². The molecule has 2 amide bonds. The molecule has 0 aromatic heterocycles. The molecular weight excluding hydrogens is 577 g/mol. The molecule has 2 aromatic rings. The summed E-state index contributed by atoms with van der Waals surface area (Å²) in [6, 6.07) is 9.21. The Morgan fingerprint density at radius 3 is 2.27 bits per heavy atom. The number of anilines is 1. The Labute approximate surface area is 246 Å². The van der Waals surface area contributed by atoms with Crippen molar-refractivity contribution in [3.63, 3.8) is 0 Å². The number of nitrogens with zero attached hydrogens (tertiary/aromatic N) is 2. The van der Waals surface area contributed by atoms with Crippen molar-refractivity contribution in [3.05, 3.63) is 52.0 Å². The molecule has 0 saturated heterocycles. The van der Waals surface area contributed by atoms with Gasteiger partial charge in [0.05, 0.1) is 11.9 Å². The van der Waals surface area contributed by atoms with Gasteiger partial charge in [-0.2, -0.15) is 0 Å². The van der Waals surface area contributed by atoms with Gasteiger partial charge in [-0.3, -0.25) is 13.9 Å². The monoisotopic (exact) mass is 613 g/mol. The predicted octanol–water partition coefficient (Wildman–Crippen LogP) is 5.03. The zero-order chi connectivity index (χ0) is 29.4. The molecule has 0 saturated carbocycles. The van der Waals surface area contributed by atoms with Crippen molar-refractivity contribution in [2.45, 2.75) is 65.1 Å². The average Bonchev–Trinajstić information content (AvgIpc) is 2.91. The van der Waals surface area contributed by atoms with E-state index in [-0.39, 0.29) is 43.8 Å². The third-order valence-electron chi connectivity index (χ3n) is 6.74. The number of hydrogen-bond donors (Lipinski definition) is 1. The normalized spacial score (nSPS) is 14.2. The maximum Gasteiger partial charge on any atom is 0.243 e. The summed E-state index contributed by atoms with van der Waals surface area (Å²) in [5.41, 5.74) is 0.960. The summed E-state index contributed by atoms with van der Waals surface area (Å²) in [5.74, 6) is 0.448. The van der Waals surface area contributed by atoms with Gasteiger partial charge in [-0.1, -0.05) is 43.1 Å². The fraction of sp³-hybridized carbons (Fsp3) is 0.500. The van der Waals surface area contributed by atoms with Crippen molar-refractivity contribution in [2.75, 3.05) is 30.3 Å². The number of hydrogen-bond acceptors (Lipinski definition) is 6. The topological polar surface area (TPSA) is 105 Å². The van der Waals surface area contributed by atoms with Gasteiger partial charge in [0.1, 0.15) is 19.3 Å². The SMILES string of the molecule is CCC(C)NC(=O)C(CC)N(Cc1c(Cl)cccc1Cl)C(=O)CCCN(c1ccc2c(c1)OCCO2)S(C)(=O)=O. The van der Waals surface area contributed by atoms with E-state index in [2.05, 4.69) is 5.32 Å². The number of carbonyl (C=O) groups is 2. The molecule has 0 aliphatic carbocycles. The van der Waals surface area contributed by atoms with Crippen LogP contribution in [0.3, 0.4) is 0 Å². The van der Waals surface area contributed by atoms with Gasteiger partial charge >= 0.3 is 0 Å². The highest BCUT2D eigenvalue weighted by Crippen LogP contribution is 2.35. The zero-order valence-electron chi connectivity index (χ0n) is 23.3. The Hall–Kier alpha value is -2.69. The lowest BCUT2D eigenvalue weighted by Gasteiger charge is -2.32. The fourth-order valence-corrected chi connectivity index (χ4v) is 5.88. The second-order valence-corrected chi connectivity index (χ2v) is 12.5. The molecule has 2 atom stereocenters. The van der Waals surface area contributed by atoms with Gasteiger partial charge in [0.2, 0.25) is 21.8 Å². The smallest absolute Gasteiger partial charge is 0.243 e. The first-order valence-corrected chi connectivity index (χ1v) is 16.0. The third-order valence-corrected chi connectivity index (χ3v) is 8.65. The number of nitrogens with one attached hydrogen (secondary N) is 1. The highest BCUT2D eigenvalue weighted by molar-refractivity contribution is 7.92. The molecule has 2 aromatic carbocycles. The van der Waals surface area contributed by atoms with Crippen LogP contribution in [0, 0.1) is 0 Å². The highest BCUT2D eigenvalue weighted by Gasteiger charge is 2.30. The lowest BCUT2D eigenvalue weighted by atomic mass is 10.1. The molecule has 0 fully saturated rings. The predicted molar refractivity (Wildman–Crippen MR) is 158 cm³/mol. The van der Waals surface area contributed by atoms with E-state index in [0.717, 1.165) is 12.7 Å². The molecule has 9 nitrogen and oxygen atoms in total. The summed E-state index contributed by atoms with van der Waals surface area (Å²) in [6.45, 7) is 6.60. The molecule has 0 spiro atoms. The van der Waals surface area contributed by atoms with Crippen LogP contribution in [0.25, 0.3) is 0 Å². The second kappa shape index (κ2) is 14.3. The molecule has 2 unspecified atom stereocenters. The maximum absolute atomic E-state index is 13.6. The summed E-state index contributed by atoms with van der Waals surface area (Å²) in [5, 5.41) is 3.75. The maximum atomic E-state index is 13.6. The van der Waals surface area contributed by atoms with Crippen LogP contribution in [-0.2, 0) is 26.2 Å². The van der Waals surface area contributed by atoms with Crippen LogP contribution in [-0.4, -0.2) is 63.2 Å². The lowest BCUT2D eigenvalue weighted by Crippen LogP contribution is -2.50. The van der Waals surface area contributed by atoms with Gasteiger partial charge in [0.15, 0.2) is 11.5 Å². The second-order valence-electron chi connectivity index (χ2n) is 9.73. The number of sulfonamides is 1. The minimum atomic E-state index is -3.66. The van der Waals surface area contributed by atoms with E-state index in [0.29, 0.717) is 52.4 Å². The van der Waals surface area contributed by atoms with Crippen LogP contribution >= 0.6 is 23.2 Å². The standard InChI is InChI=1S/C28H37Cl2N3O6S/c1-5-19(3)31-28(35)24(6-2)32(18-21-22(29)9-7-10-23(21)30)27(34)11-8-14-33(40(4,36)37)20-12-13-25-26(17-20)39-16-15-38-25/h7,9-10,12-13,17,19,24H,5-6,8,11,14-16,18H2,1-4H3,(H,31,35). The first-order chi connectivity index (χ1) is 19.0. The molecular formula is C28H37Cl2N3O6S. The number of rotatable bonds is 13. The zero-order valence-corrected chi connectivity index (χ0v) is 25.6. The van der Waals surface area contributed by atoms with Crippen LogP contribution in [0.4, 0.5) is 5.69 Å². The summed E-state index contributed by atoms with van der Waals surface area (Å²) in [6.07, 6.45) is 2.46. The molecule has 0 radical (unpaired) electrons. The quantitative estimate of drug-likeness (QED) is 0.339. The molecule has 1 aliphatic heterocycles. The number of benzene rings is 2. The number of carbonyl (C=O) groups excluding carboxylic acids is 2. The van der Waals surface area contributed by atoms with Gasteiger partial charge in [-0.15, -0.1) is 0 Å². The van der Waals surface area contributed by atoms with Crippen LogP contribution in [0.1, 0.15) is 52.0 Å². The molecule has 3 rings (SSSR count). The highest BCUT2D eigenvalue weighted by atomic mass is 35.5. The van der Waals surface area contributed by atoms with Crippen molar-refractivity contribution in [3.8, 4) is 11.5 Å². The van der Waals surface area contributed by atoms with Crippen LogP contribution < -0.4 is 19.1 Å². The Morgan fingerprint density at radius 2 is 1.68 bits per heavy atom. The van der Waals surface area contributed by atoms with Crippen molar-refractivity contribution in [2.24, 2.45) is 0 Å². The first-order valence-electron chi connectivity index (χ1n) is 13.4. The van der Waals surface area contributed by atoms with E-state index in [1.54, 1.807) is 36.4 Å². The Morgan fingerprint density at radius 1 is 1.02 bits per heavy atom. The van der Waals surface area contributed by atoms with Crippen molar-refractivity contribution >= 4 is 50.7 Å². The largest absolute Gasteiger partial charge is 0.486 e. The number of ether oxygens (including phenoxy) is 2. The third kappa shape index (κ3) is 8.17. The minimum absolute atomic E-state index is 0.00571. The van der Waals surface area contributed by atoms with Gasteiger partial charge in [0, 0.05) is 47.2 Å². The summed E-state index contributed by atoms with van der Waals surface area (Å²) in [4.78, 5) is 28.3. The lowest BCUT2D eigenvalue weighted by molar-refractivity contribution is -0.141. The Bertz CT molecular complexity index is 1290. The number of fused-ring (bicyclic) bond motifs is 1. The summed E-state index contributed by atoms with van der Waals surface area (Å²) >= 11 is 12.8. The van der Waals surface area contributed by atoms with E-state index >= 15 is 0 Å². The number of amides is 2. The van der Waals surface area contributed by atoms with Crippen molar-refractivity contribution < 1.29 is 27.5 Å². The Balaban J connectivity index is 1.81. The molecule has 40 heavy (non-hydrogen) atoms. The van der Waals surface area contributed by atoms with Crippen molar-refractivity contribution in [1.82, 2.24) is 10.2 Å². The van der Waals surface area contributed by atoms with Gasteiger partial charge in [0.25, 0.3) is 0 Å². The van der Waals surface area contributed by atoms with E-state index in [9.17, 15) is 18.0 Å². The molecule has 1 heterocycles. The van der Waals surface area contributed by atoms with E-state index in [1.165, 1.54) is 9.21 Å². The molecule has 1 aliphatic rings. The molecule has 12 heteroatoms. The number of halogens is 2. The van der Waals surface area contributed by atoms with E-state index in [1.807, 2.05) is 20.8 Å². The van der Waals surface area contributed by atoms with E-state index in [4.69, 9.17) is 32.7 Å². The average molecular weight is 615 g/mol. The summed E-state index contributed by atoms with van der Waals surface area (Å²) in [7, 11) is -3.66. The molecule has 0 bridgehead atoms. The van der Waals surface area contributed by atoms with Gasteiger partial charge in [-0.05, 0) is 50.5 Å². The molecule has 1 N–H and O–H groups in total. The van der Waals surface area contributed by atoms with Gasteiger partial charge < -0.3 is 19.7 Å². The summed E-state index contributed by atoms with van der Waals surface area (Å²) < 4.78 is 37.7. The fourth-order valence-electron chi connectivity index (χ4n) is 4.41. The minimum Gasteiger partial charge on any atom is -0.486 e. The molecule has 220 valence electrons. The first kappa shape index (κ1) is 31.8. The Kier molecular flexibility index (Phi) is 11.4. The van der Waals surface area contributed by atoms with Crippen LogP contribution in [0.2, 0.25) is 10.0 Å². The van der Waals surface area contributed by atoms with Crippen LogP contribution in [0.5, 0.6) is 11.5 Å². The van der Waals surface area contributed by atoms with E-state index < -0.39 is 16.1 Å².